The number of carbonyl (C=O) groups excluding carboxylic acids is 1. The Morgan fingerprint density at radius 1 is 1.27 bits per heavy atom. The summed E-state index contributed by atoms with van der Waals surface area (Å²) in [4.78, 5) is 12.3. The van der Waals surface area contributed by atoms with Gasteiger partial charge in [0.25, 0.3) is 0 Å². The third-order valence-corrected chi connectivity index (χ3v) is 4.98. The van der Waals surface area contributed by atoms with Gasteiger partial charge in [-0.05, 0) is 44.6 Å². The van der Waals surface area contributed by atoms with E-state index in [1.54, 1.807) is 7.11 Å². The number of nitrogens with one attached hydrogen (secondary N) is 1. The van der Waals surface area contributed by atoms with Crippen LogP contribution in [0.5, 0.6) is 11.5 Å². The van der Waals surface area contributed by atoms with E-state index >= 15 is 0 Å². The molecule has 146 valence electrons. The van der Waals surface area contributed by atoms with Crippen LogP contribution in [0.3, 0.4) is 0 Å². The van der Waals surface area contributed by atoms with Gasteiger partial charge in [0, 0.05) is 18.7 Å². The Morgan fingerprint density at radius 3 is 2.69 bits per heavy atom. The Labute approximate surface area is 161 Å². The number of hydrogen-bond donors (Lipinski definition) is 2. The lowest BCUT2D eigenvalue weighted by Crippen LogP contribution is -2.35. The first-order chi connectivity index (χ1) is 12.2. The second-order valence-corrected chi connectivity index (χ2v) is 6.75. The van der Waals surface area contributed by atoms with Gasteiger partial charge in [-0.1, -0.05) is 12.1 Å². The summed E-state index contributed by atoms with van der Waals surface area (Å²) in [5.74, 6) is 1.36. The van der Waals surface area contributed by atoms with Gasteiger partial charge in [-0.15, -0.1) is 12.4 Å². The number of nitrogens with two attached hydrogens (primary N) is 1. The van der Waals surface area contributed by atoms with Crippen LogP contribution in [0.4, 0.5) is 0 Å². The lowest BCUT2D eigenvalue weighted by Gasteiger charge is -2.20. The van der Waals surface area contributed by atoms with E-state index in [9.17, 15) is 4.79 Å². The van der Waals surface area contributed by atoms with Crippen molar-refractivity contribution >= 4 is 18.3 Å². The van der Waals surface area contributed by atoms with E-state index < -0.39 is 6.10 Å². The Kier molecular flexibility index (Phi) is 8.00. The molecule has 0 unspecified atom stereocenters. The topological polar surface area (TPSA) is 82.8 Å². The maximum Gasteiger partial charge on any atom is 0.249 e. The molecule has 2 aliphatic rings. The first kappa shape index (κ1) is 20.8. The van der Waals surface area contributed by atoms with Crippen LogP contribution in [-0.4, -0.2) is 37.9 Å². The molecule has 3 N–H and O–H groups in total. The second-order valence-electron chi connectivity index (χ2n) is 6.75. The van der Waals surface area contributed by atoms with Gasteiger partial charge in [0.05, 0.1) is 19.3 Å². The van der Waals surface area contributed by atoms with Gasteiger partial charge < -0.3 is 25.3 Å². The summed E-state index contributed by atoms with van der Waals surface area (Å²) in [5.41, 5.74) is 6.53. The Hall–Kier alpha value is -1.50. The molecule has 1 aliphatic heterocycles. The molecule has 1 heterocycles. The molecular formula is C19H29ClN2O4. The number of hydrogen-bond acceptors (Lipinski definition) is 5. The maximum absolute atomic E-state index is 12.3. The summed E-state index contributed by atoms with van der Waals surface area (Å²) in [6.45, 7) is 0.851. The molecule has 3 rings (SSSR count). The van der Waals surface area contributed by atoms with E-state index in [1.807, 2.05) is 18.2 Å². The van der Waals surface area contributed by atoms with Crippen molar-refractivity contribution in [2.24, 2.45) is 5.73 Å². The average Bonchev–Trinajstić information content (AvgIpc) is 3.32. The Balaban J connectivity index is 0.00000243. The van der Waals surface area contributed by atoms with Crippen LogP contribution >= 0.6 is 12.4 Å². The third-order valence-electron chi connectivity index (χ3n) is 4.98. The van der Waals surface area contributed by atoms with E-state index in [0.29, 0.717) is 18.8 Å². The van der Waals surface area contributed by atoms with Gasteiger partial charge in [-0.3, -0.25) is 4.79 Å². The van der Waals surface area contributed by atoms with Gasteiger partial charge in [-0.2, -0.15) is 0 Å². The first-order valence-corrected chi connectivity index (χ1v) is 9.17. The number of amides is 1. The van der Waals surface area contributed by atoms with Gasteiger partial charge in [0.2, 0.25) is 5.91 Å². The third kappa shape index (κ3) is 5.02. The van der Waals surface area contributed by atoms with Crippen molar-refractivity contribution in [2.75, 3.05) is 13.7 Å². The highest BCUT2D eigenvalue weighted by Crippen LogP contribution is 2.34. The summed E-state index contributed by atoms with van der Waals surface area (Å²) in [6.07, 6.45) is 5.92. The monoisotopic (exact) mass is 384 g/mol. The van der Waals surface area contributed by atoms with E-state index in [2.05, 4.69) is 5.32 Å². The largest absolute Gasteiger partial charge is 0.493 e. The van der Waals surface area contributed by atoms with Crippen LogP contribution < -0.4 is 20.5 Å². The Morgan fingerprint density at radius 2 is 2.04 bits per heavy atom. The Bertz CT molecular complexity index is 593. The van der Waals surface area contributed by atoms with Crippen molar-refractivity contribution in [3.8, 4) is 11.5 Å². The van der Waals surface area contributed by atoms with Gasteiger partial charge in [-0.25, -0.2) is 0 Å². The van der Waals surface area contributed by atoms with E-state index in [4.69, 9.17) is 19.9 Å². The molecule has 0 spiro atoms. The summed E-state index contributed by atoms with van der Waals surface area (Å²) >= 11 is 0. The van der Waals surface area contributed by atoms with Gasteiger partial charge in [0.1, 0.15) is 6.10 Å². The van der Waals surface area contributed by atoms with Crippen LogP contribution in [0.25, 0.3) is 0 Å². The first-order valence-electron chi connectivity index (χ1n) is 9.17. The smallest absolute Gasteiger partial charge is 0.249 e. The molecule has 2 fully saturated rings. The molecule has 1 aromatic carbocycles. The lowest BCUT2D eigenvalue weighted by atomic mass is 10.1. The van der Waals surface area contributed by atoms with Crippen LogP contribution in [0.2, 0.25) is 0 Å². The number of benzene rings is 1. The molecule has 1 aromatic rings. The summed E-state index contributed by atoms with van der Waals surface area (Å²) < 4.78 is 17.3. The number of methoxy groups -OCH3 is 1. The summed E-state index contributed by atoms with van der Waals surface area (Å²) in [7, 11) is 1.64. The predicted octanol–water partition coefficient (Wildman–Crippen LogP) is 2.56. The van der Waals surface area contributed by atoms with Crippen molar-refractivity contribution in [3.05, 3.63) is 23.8 Å². The highest BCUT2D eigenvalue weighted by Gasteiger charge is 2.30. The zero-order valence-electron chi connectivity index (χ0n) is 15.2. The van der Waals surface area contributed by atoms with Crippen molar-refractivity contribution in [2.45, 2.75) is 63.4 Å². The van der Waals surface area contributed by atoms with Crippen molar-refractivity contribution in [3.63, 3.8) is 0 Å². The minimum Gasteiger partial charge on any atom is -0.493 e. The fraction of sp³-hybridized carbons (Fsp3) is 0.632. The fourth-order valence-corrected chi connectivity index (χ4v) is 3.54. The molecule has 0 radical (unpaired) electrons. The number of rotatable bonds is 7. The number of carbonyl (C=O) groups is 1. The highest BCUT2D eigenvalue weighted by molar-refractivity contribution is 5.85. The zero-order valence-corrected chi connectivity index (χ0v) is 16.1. The molecule has 0 aromatic heterocycles. The molecular weight excluding hydrogens is 356 g/mol. The van der Waals surface area contributed by atoms with Crippen molar-refractivity contribution < 1.29 is 19.0 Å². The predicted molar refractivity (Wildman–Crippen MR) is 102 cm³/mol. The molecule has 1 saturated heterocycles. The molecule has 1 saturated carbocycles. The van der Waals surface area contributed by atoms with Gasteiger partial charge >= 0.3 is 0 Å². The molecule has 2 atom stereocenters. The number of ether oxygens (including phenoxy) is 3. The summed E-state index contributed by atoms with van der Waals surface area (Å²) in [5, 5.41) is 2.96. The minimum atomic E-state index is -0.404. The molecule has 1 amide bonds. The maximum atomic E-state index is 12.3. The standard InChI is InChI=1S/C19H28N2O4.ClH/c1-23-16-8-4-5-13(18(16)25-14-6-2-3-7-14)12-21-19(22)17-10-9-15(11-20)24-17;/h4-5,8,14-15,17H,2-3,6-7,9-12,20H2,1H3,(H,21,22);1H/t15-,17+;/m1./s1. The van der Waals surface area contributed by atoms with Crippen LogP contribution in [0.1, 0.15) is 44.1 Å². The SMILES string of the molecule is COc1cccc(CNC(=O)[C@@H]2CC[C@H](CN)O2)c1OC1CCCC1.Cl. The van der Waals surface area contributed by atoms with Gasteiger partial charge in [0.15, 0.2) is 11.5 Å². The minimum absolute atomic E-state index is 0. The van der Waals surface area contributed by atoms with E-state index in [0.717, 1.165) is 37.0 Å². The van der Waals surface area contributed by atoms with E-state index in [-0.39, 0.29) is 30.5 Å². The average molecular weight is 385 g/mol. The molecule has 0 bridgehead atoms. The molecule has 7 heteroatoms. The van der Waals surface area contributed by atoms with Crippen molar-refractivity contribution in [1.82, 2.24) is 5.32 Å². The van der Waals surface area contributed by atoms with Crippen LogP contribution in [0, 0.1) is 0 Å². The molecule has 6 nitrogen and oxygen atoms in total. The zero-order chi connectivity index (χ0) is 17.6. The normalized spacial score (nSPS) is 22.7. The van der Waals surface area contributed by atoms with Crippen LogP contribution in [0.15, 0.2) is 18.2 Å². The highest BCUT2D eigenvalue weighted by atomic mass is 35.5. The molecule has 26 heavy (non-hydrogen) atoms. The van der Waals surface area contributed by atoms with E-state index in [1.165, 1.54) is 12.8 Å². The molecule has 1 aliphatic carbocycles. The lowest BCUT2D eigenvalue weighted by molar-refractivity contribution is -0.132. The summed E-state index contributed by atoms with van der Waals surface area (Å²) in [6, 6.07) is 5.77. The van der Waals surface area contributed by atoms with Crippen molar-refractivity contribution in [1.29, 1.82) is 0 Å². The second kappa shape index (κ2) is 10.00. The fourth-order valence-electron chi connectivity index (χ4n) is 3.54. The van der Waals surface area contributed by atoms with Crippen LogP contribution in [-0.2, 0) is 16.1 Å². The number of para-hydroxylation sites is 1. The quantitative estimate of drug-likeness (QED) is 0.754. The number of halogens is 1.